The van der Waals surface area contributed by atoms with Crippen molar-refractivity contribution in [2.75, 3.05) is 12.4 Å². The van der Waals surface area contributed by atoms with Gasteiger partial charge in [0.15, 0.2) is 6.61 Å². The lowest BCUT2D eigenvalue weighted by Gasteiger charge is -2.48. The second-order valence-electron chi connectivity index (χ2n) is 5.41. The molecule has 0 bridgehead atoms. The Morgan fingerprint density at radius 1 is 1.35 bits per heavy atom. The molecule has 0 radical (unpaired) electrons. The predicted molar refractivity (Wildman–Crippen MR) is 87.4 cm³/mol. The smallest absolute Gasteiger partial charge is 0.353 e. The molecule has 0 saturated carbocycles. The SMILES string of the molecule is O=C(COc1cc(F)cc(F)c1)N[C@@H]1C(=O)N2C(C(=O)O)=C(Cl)CS[C@H]12. The number of hydrogen-bond donors (Lipinski definition) is 2. The van der Waals surface area contributed by atoms with Crippen LogP contribution in [0.1, 0.15) is 0 Å². The molecule has 0 aromatic heterocycles. The molecule has 26 heavy (non-hydrogen) atoms. The molecule has 2 atom stereocenters. The molecule has 1 fully saturated rings. The summed E-state index contributed by atoms with van der Waals surface area (Å²) in [5.41, 5.74) is -0.294. The summed E-state index contributed by atoms with van der Waals surface area (Å²) in [7, 11) is 0. The van der Waals surface area contributed by atoms with Crippen LogP contribution >= 0.6 is 23.4 Å². The Hall–Kier alpha value is -2.33. The van der Waals surface area contributed by atoms with Gasteiger partial charge in [0.25, 0.3) is 11.8 Å². The molecular formula is C15H11ClF2N2O5S. The minimum atomic E-state index is -1.32. The lowest BCUT2D eigenvalue weighted by atomic mass is 10.1. The van der Waals surface area contributed by atoms with Gasteiger partial charge in [-0.3, -0.25) is 14.5 Å². The average molecular weight is 405 g/mol. The van der Waals surface area contributed by atoms with E-state index in [0.29, 0.717) is 6.07 Å². The molecule has 3 rings (SSSR count). The highest BCUT2D eigenvalue weighted by atomic mass is 35.5. The lowest BCUT2D eigenvalue weighted by molar-refractivity contribution is -0.150. The van der Waals surface area contributed by atoms with E-state index in [0.717, 1.165) is 17.0 Å². The summed E-state index contributed by atoms with van der Waals surface area (Å²) in [4.78, 5) is 36.3. The molecular weight excluding hydrogens is 394 g/mol. The molecule has 2 amide bonds. The number of amides is 2. The zero-order valence-electron chi connectivity index (χ0n) is 12.9. The highest BCUT2D eigenvalue weighted by Crippen LogP contribution is 2.41. The summed E-state index contributed by atoms with van der Waals surface area (Å²) in [6, 6.07) is 1.55. The second kappa shape index (κ2) is 7.12. The monoisotopic (exact) mass is 404 g/mol. The van der Waals surface area contributed by atoms with E-state index in [4.69, 9.17) is 21.4 Å². The van der Waals surface area contributed by atoms with Gasteiger partial charge in [0.05, 0.1) is 5.03 Å². The number of halogens is 3. The summed E-state index contributed by atoms with van der Waals surface area (Å²) in [5, 5.41) is 11.0. The summed E-state index contributed by atoms with van der Waals surface area (Å²) in [6.45, 7) is -0.563. The Morgan fingerprint density at radius 3 is 2.62 bits per heavy atom. The third-order valence-electron chi connectivity index (χ3n) is 3.65. The number of fused-ring (bicyclic) bond motifs is 1. The van der Waals surface area contributed by atoms with Gasteiger partial charge in [0.2, 0.25) is 0 Å². The van der Waals surface area contributed by atoms with Crippen molar-refractivity contribution in [3.63, 3.8) is 0 Å². The molecule has 2 N–H and O–H groups in total. The van der Waals surface area contributed by atoms with Crippen LogP contribution < -0.4 is 10.1 Å². The minimum absolute atomic E-state index is 0.0494. The fourth-order valence-electron chi connectivity index (χ4n) is 2.56. The van der Waals surface area contributed by atoms with Gasteiger partial charge in [-0.2, -0.15) is 0 Å². The van der Waals surface area contributed by atoms with Crippen LogP contribution in [0.4, 0.5) is 8.78 Å². The third-order valence-corrected chi connectivity index (χ3v) is 5.40. The minimum Gasteiger partial charge on any atom is -0.484 e. The number of carboxylic acid groups (broad SMARTS) is 1. The van der Waals surface area contributed by atoms with Crippen LogP contribution in [0.3, 0.4) is 0 Å². The zero-order valence-corrected chi connectivity index (χ0v) is 14.4. The van der Waals surface area contributed by atoms with Crippen molar-refractivity contribution in [1.82, 2.24) is 10.2 Å². The summed E-state index contributed by atoms with van der Waals surface area (Å²) in [5.74, 6) is -4.30. The van der Waals surface area contributed by atoms with E-state index in [-0.39, 0.29) is 22.2 Å². The van der Waals surface area contributed by atoms with Gasteiger partial charge in [-0.15, -0.1) is 11.8 Å². The van der Waals surface area contributed by atoms with Crippen molar-refractivity contribution in [3.05, 3.63) is 40.6 Å². The number of nitrogens with one attached hydrogen (secondary N) is 1. The van der Waals surface area contributed by atoms with Crippen molar-refractivity contribution >= 4 is 41.1 Å². The first-order valence-electron chi connectivity index (χ1n) is 7.23. The van der Waals surface area contributed by atoms with Gasteiger partial charge in [0, 0.05) is 24.0 Å². The summed E-state index contributed by atoms with van der Waals surface area (Å²) in [6.07, 6.45) is 0. The van der Waals surface area contributed by atoms with Crippen molar-refractivity contribution in [2.24, 2.45) is 0 Å². The number of carbonyl (C=O) groups excluding carboxylic acids is 2. The summed E-state index contributed by atoms with van der Waals surface area (Å²) < 4.78 is 31.1. The topological polar surface area (TPSA) is 95.9 Å². The van der Waals surface area contributed by atoms with Crippen LogP contribution in [-0.4, -0.2) is 51.6 Å². The van der Waals surface area contributed by atoms with Crippen molar-refractivity contribution in [1.29, 1.82) is 0 Å². The lowest BCUT2D eigenvalue weighted by Crippen LogP contribution is -2.70. The van der Waals surface area contributed by atoms with Crippen molar-refractivity contribution in [3.8, 4) is 5.75 Å². The molecule has 0 unspecified atom stereocenters. The molecule has 138 valence electrons. The van der Waals surface area contributed by atoms with E-state index in [9.17, 15) is 23.2 Å². The van der Waals surface area contributed by atoms with Gasteiger partial charge in [-0.05, 0) is 0 Å². The first-order chi connectivity index (χ1) is 12.3. The predicted octanol–water partition coefficient (Wildman–Crippen LogP) is 1.28. The van der Waals surface area contributed by atoms with Crippen LogP contribution in [0.15, 0.2) is 28.9 Å². The number of thioether (sulfide) groups is 1. The number of nitrogens with zero attached hydrogens (tertiary/aromatic N) is 1. The average Bonchev–Trinajstić information content (AvgIpc) is 2.56. The molecule has 1 saturated heterocycles. The van der Waals surface area contributed by atoms with Crippen LogP contribution in [0.2, 0.25) is 0 Å². The van der Waals surface area contributed by atoms with Gasteiger partial charge < -0.3 is 15.2 Å². The second-order valence-corrected chi connectivity index (χ2v) is 6.97. The Bertz CT molecular complexity index is 814. The Kier molecular flexibility index (Phi) is 5.05. The fraction of sp³-hybridized carbons (Fsp3) is 0.267. The Balaban J connectivity index is 1.59. The van der Waals surface area contributed by atoms with E-state index >= 15 is 0 Å². The van der Waals surface area contributed by atoms with Crippen LogP contribution in [0.25, 0.3) is 0 Å². The van der Waals surface area contributed by atoms with Gasteiger partial charge >= 0.3 is 5.97 Å². The maximum absolute atomic E-state index is 13.1. The first-order valence-corrected chi connectivity index (χ1v) is 8.65. The normalized spacial score (nSPS) is 21.8. The molecule has 1 aromatic rings. The van der Waals surface area contributed by atoms with Gasteiger partial charge in [-0.25, -0.2) is 13.6 Å². The van der Waals surface area contributed by atoms with Crippen LogP contribution in [0.5, 0.6) is 5.75 Å². The van der Waals surface area contributed by atoms with Crippen molar-refractivity contribution < 1.29 is 33.0 Å². The molecule has 11 heteroatoms. The molecule has 2 heterocycles. The number of carboxylic acids is 1. The molecule has 2 aliphatic heterocycles. The number of rotatable bonds is 5. The molecule has 2 aliphatic rings. The highest BCUT2D eigenvalue weighted by Gasteiger charge is 2.54. The number of ether oxygens (including phenoxy) is 1. The van der Waals surface area contributed by atoms with E-state index in [1.165, 1.54) is 11.8 Å². The Labute approximate surface area is 154 Å². The van der Waals surface area contributed by atoms with E-state index in [1.807, 2.05) is 0 Å². The van der Waals surface area contributed by atoms with E-state index in [2.05, 4.69) is 5.32 Å². The number of β-lactam (4-membered cyclic amide) rings is 1. The third kappa shape index (κ3) is 3.47. The zero-order chi connectivity index (χ0) is 19.0. The summed E-state index contributed by atoms with van der Waals surface area (Å²) >= 11 is 7.06. The van der Waals surface area contributed by atoms with E-state index < -0.39 is 47.4 Å². The number of hydrogen-bond acceptors (Lipinski definition) is 5. The molecule has 1 aromatic carbocycles. The number of aliphatic carboxylic acids is 1. The largest absolute Gasteiger partial charge is 0.484 e. The quantitative estimate of drug-likeness (QED) is 0.718. The first kappa shape index (κ1) is 18.5. The molecule has 0 aliphatic carbocycles. The van der Waals surface area contributed by atoms with Crippen LogP contribution in [-0.2, 0) is 14.4 Å². The van der Waals surface area contributed by atoms with E-state index in [1.54, 1.807) is 0 Å². The fourth-order valence-corrected chi connectivity index (χ4v) is 4.11. The van der Waals surface area contributed by atoms with Gasteiger partial charge in [0.1, 0.15) is 34.5 Å². The Morgan fingerprint density at radius 2 is 2.00 bits per heavy atom. The number of carbonyl (C=O) groups is 3. The standard InChI is InChI=1S/C15H11ClF2N2O5S/c16-9-5-26-14-11(13(22)20(14)12(9)15(23)24)19-10(21)4-25-8-2-6(17)1-7(18)3-8/h1-3,11,14H,4-5H2,(H,19,21)(H,23,24)/t11-,14-/m1/s1. The van der Waals surface area contributed by atoms with Crippen LogP contribution in [0, 0.1) is 11.6 Å². The van der Waals surface area contributed by atoms with Crippen molar-refractivity contribution in [2.45, 2.75) is 11.4 Å². The maximum atomic E-state index is 13.1. The molecule has 7 nitrogen and oxygen atoms in total. The highest BCUT2D eigenvalue weighted by molar-refractivity contribution is 8.00. The number of benzene rings is 1. The maximum Gasteiger partial charge on any atom is 0.353 e. The van der Waals surface area contributed by atoms with Gasteiger partial charge in [-0.1, -0.05) is 11.6 Å². The molecule has 0 spiro atoms.